The van der Waals surface area contributed by atoms with Gasteiger partial charge in [-0.15, -0.1) is 5.10 Å². The number of halogens is 1. The zero-order valence-electron chi connectivity index (χ0n) is 12.0. The van der Waals surface area contributed by atoms with Crippen LogP contribution >= 0.6 is 11.6 Å². The molecule has 5 nitrogen and oxygen atoms in total. The van der Waals surface area contributed by atoms with E-state index in [-0.39, 0.29) is 0 Å². The number of aromatic nitrogens is 3. The summed E-state index contributed by atoms with van der Waals surface area (Å²) in [5, 5.41) is 19.2. The molecule has 0 aliphatic carbocycles. The number of nitrogens with zero attached hydrogens (tertiary/aromatic N) is 4. The molecule has 6 heteroatoms. The van der Waals surface area contributed by atoms with Gasteiger partial charge in [-0.05, 0) is 30.5 Å². The summed E-state index contributed by atoms with van der Waals surface area (Å²) >= 11 is 6.05. The van der Waals surface area contributed by atoms with Crippen LogP contribution in [0.4, 0.5) is 0 Å². The van der Waals surface area contributed by atoms with Gasteiger partial charge in [-0.25, -0.2) is 4.68 Å². The zero-order chi connectivity index (χ0) is 14.9. The lowest BCUT2D eigenvalue weighted by atomic mass is 10.0. The van der Waals surface area contributed by atoms with Crippen LogP contribution in [-0.2, 0) is 13.1 Å². The Morgan fingerprint density at radius 3 is 3.00 bits per heavy atom. The number of hydrogen-bond donors (Lipinski definition) is 1. The second-order valence-electron chi connectivity index (χ2n) is 5.87. The van der Waals surface area contributed by atoms with Crippen molar-refractivity contribution in [3.8, 4) is 0 Å². The van der Waals surface area contributed by atoms with Crippen LogP contribution in [0.5, 0.6) is 0 Å². The monoisotopic (exact) mass is 306 g/mol. The summed E-state index contributed by atoms with van der Waals surface area (Å²) < 4.78 is 1.69. The Bertz CT molecular complexity index is 616. The molecule has 1 atom stereocenters. The third-order valence-electron chi connectivity index (χ3n) is 3.97. The fraction of sp³-hybridized carbons (Fsp3) is 0.467. The third kappa shape index (κ3) is 3.43. The summed E-state index contributed by atoms with van der Waals surface area (Å²) in [5.41, 5.74) is 1.59. The smallest absolute Gasteiger partial charge is 0.0981 e. The van der Waals surface area contributed by atoms with Crippen molar-refractivity contribution in [3.63, 3.8) is 0 Å². The van der Waals surface area contributed by atoms with Crippen LogP contribution in [0, 0.1) is 6.92 Å². The molecule has 0 amide bonds. The van der Waals surface area contributed by atoms with Crippen molar-refractivity contribution in [1.82, 2.24) is 19.9 Å². The van der Waals surface area contributed by atoms with Gasteiger partial charge in [0.25, 0.3) is 0 Å². The maximum absolute atomic E-state index is 10.7. The normalized spacial score (nSPS) is 22.8. The van der Waals surface area contributed by atoms with Gasteiger partial charge in [0, 0.05) is 30.9 Å². The molecular weight excluding hydrogens is 288 g/mol. The highest BCUT2D eigenvalue weighted by Gasteiger charge is 2.36. The highest BCUT2D eigenvalue weighted by molar-refractivity contribution is 6.31. The number of aryl methyl sites for hydroxylation is 1. The van der Waals surface area contributed by atoms with Gasteiger partial charge < -0.3 is 5.11 Å². The molecule has 1 unspecified atom stereocenters. The second-order valence-corrected chi connectivity index (χ2v) is 6.28. The van der Waals surface area contributed by atoms with E-state index >= 15 is 0 Å². The number of aliphatic hydroxyl groups is 1. The first-order valence-electron chi connectivity index (χ1n) is 7.08. The molecular formula is C15H19ClN4O. The largest absolute Gasteiger partial charge is 0.387 e. The van der Waals surface area contributed by atoms with Gasteiger partial charge in [-0.2, -0.15) is 0 Å². The van der Waals surface area contributed by atoms with Crippen molar-refractivity contribution < 1.29 is 5.11 Å². The van der Waals surface area contributed by atoms with E-state index in [1.807, 2.05) is 19.1 Å². The maximum Gasteiger partial charge on any atom is 0.0981 e. The second kappa shape index (κ2) is 5.75. The lowest BCUT2D eigenvalue weighted by Gasteiger charge is -2.23. The minimum absolute atomic E-state index is 0.489. The summed E-state index contributed by atoms with van der Waals surface area (Å²) in [5.74, 6) is 0. The van der Waals surface area contributed by atoms with Crippen LogP contribution in [0.15, 0.2) is 30.6 Å². The third-order valence-corrected chi connectivity index (χ3v) is 4.39. The van der Waals surface area contributed by atoms with Crippen LogP contribution in [-0.4, -0.2) is 43.7 Å². The van der Waals surface area contributed by atoms with Gasteiger partial charge in [-0.1, -0.05) is 28.9 Å². The van der Waals surface area contributed by atoms with Crippen molar-refractivity contribution in [2.24, 2.45) is 0 Å². The molecule has 21 heavy (non-hydrogen) atoms. The molecule has 0 saturated carbocycles. The summed E-state index contributed by atoms with van der Waals surface area (Å²) in [7, 11) is 0. The van der Waals surface area contributed by atoms with Crippen LogP contribution in [0.1, 0.15) is 17.5 Å². The van der Waals surface area contributed by atoms with Crippen LogP contribution < -0.4 is 0 Å². The highest BCUT2D eigenvalue weighted by Crippen LogP contribution is 2.25. The first kappa shape index (κ1) is 14.5. The number of benzene rings is 1. The van der Waals surface area contributed by atoms with Crippen molar-refractivity contribution >= 4 is 11.6 Å². The molecule has 3 rings (SSSR count). The molecule has 0 radical (unpaired) electrons. The topological polar surface area (TPSA) is 54.2 Å². The Morgan fingerprint density at radius 1 is 1.43 bits per heavy atom. The van der Waals surface area contributed by atoms with E-state index in [1.54, 1.807) is 17.1 Å². The lowest BCUT2D eigenvalue weighted by molar-refractivity contribution is 0.0274. The molecule has 1 fully saturated rings. The Morgan fingerprint density at radius 2 is 2.29 bits per heavy atom. The Hall–Kier alpha value is -1.43. The van der Waals surface area contributed by atoms with Crippen LogP contribution in [0.3, 0.4) is 0 Å². The number of likely N-dealkylation sites (tertiary alicyclic amines) is 1. The Kier molecular flexibility index (Phi) is 3.97. The number of hydrogen-bond acceptors (Lipinski definition) is 4. The van der Waals surface area contributed by atoms with Crippen molar-refractivity contribution in [1.29, 1.82) is 0 Å². The van der Waals surface area contributed by atoms with Gasteiger partial charge in [0.15, 0.2) is 0 Å². The van der Waals surface area contributed by atoms with Gasteiger partial charge in [0.05, 0.1) is 18.3 Å². The quantitative estimate of drug-likeness (QED) is 0.937. The van der Waals surface area contributed by atoms with E-state index in [4.69, 9.17) is 11.6 Å². The average molecular weight is 307 g/mol. The first-order chi connectivity index (χ1) is 10.0. The molecule has 1 aliphatic heterocycles. The van der Waals surface area contributed by atoms with E-state index in [9.17, 15) is 5.11 Å². The molecule has 1 aromatic heterocycles. The summed E-state index contributed by atoms with van der Waals surface area (Å²) in [6, 6.07) is 6.09. The van der Waals surface area contributed by atoms with E-state index < -0.39 is 5.60 Å². The van der Waals surface area contributed by atoms with E-state index in [0.717, 1.165) is 30.1 Å². The van der Waals surface area contributed by atoms with E-state index in [2.05, 4.69) is 21.3 Å². The maximum atomic E-state index is 10.7. The van der Waals surface area contributed by atoms with E-state index in [1.165, 1.54) is 5.56 Å². The van der Waals surface area contributed by atoms with Crippen LogP contribution in [0.25, 0.3) is 0 Å². The van der Waals surface area contributed by atoms with Crippen molar-refractivity contribution in [2.75, 3.05) is 13.1 Å². The summed E-state index contributed by atoms with van der Waals surface area (Å²) in [6.07, 6.45) is 4.16. The fourth-order valence-electron chi connectivity index (χ4n) is 2.89. The van der Waals surface area contributed by atoms with Crippen LogP contribution in [0.2, 0.25) is 5.02 Å². The SMILES string of the molecule is Cc1cc(CN2CCC(O)(Cn3ccnn3)C2)ccc1Cl. The Labute approximate surface area is 129 Å². The van der Waals surface area contributed by atoms with Gasteiger partial charge in [0.1, 0.15) is 0 Å². The molecule has 2 aromatic rings. The highest BCUT2D eigenvalue weighted by atomic mass is 35.5. The minimum Gasteiger partial charge on any atom is -0.387 e. The molecule has 1 aliphatic rings. The summed E-state index contributed by atoms with van der Waals surface area (Å²) in [6.45, 7) is 4.86. The molecule has 2 heterocycles. The average Bonchev–Trinajstić information content (AvgIpc) is 3.05. The molecule has 1 aromatic carbocycles. The van der Waals surface area contributed by atoms with Crippen molar-refractivity contribution in [3.05, 3.63) is 46.7 Å². The molecule has 1 N–H and O–H groups in total. The fourth-order valence-corrected chi connectivity index (χ4v) is 3.00. The Balaban J connectivity index is 1.62. The van der Waals surface area contributed by atoms with Crippen molar-refractivity contribution in [2.45, 2.75) is 32.0 Å². The standard InChI is InChI=1S/C15H19ClN4O/c1-12-8-13(2-3-14(12)16)9-19-6-4-15(21,10-19)11-20-7-5-17-18-20/h2-3,5,7-8,21H,4,6,9-11H2,1H3. The van der Waals surface area contributed by atoms with Gasteiger partial charge >= 0.3 is 0 Å². The molecule has 1 saturated heterocycles. The zero-order valence-corrected chi connectivity index (χ0v) is 12.8. The number of β-amino-alcohol motifs (C(OH)–C–C–N with tert-alkyl or cyclic N) is 1. The minimum atomic E-state index is -0.727. The lowest BCUT2D eigenvalue weighted by Crippen LogP contribution is -2.37. The predicted molar refractivity (Wildman–Crippen MR) is 81.1 cm³/mol. The van der Waals surface area contributed by atoms with E-state index in [0.29, 0.717) is 13.1 Å². The summed E-state index contributed by atoms with van der Waals surface area (Å²) in [4.78, 5) is 2.26. The van der Waals surface area contributed by atoms with Gasteiger partial charge in [-0.3, -0.25) is 4.90 Å². The molecule has 112 valence electrons. The predicted octanol–water partition coefficient (Wildman–Crippen LogP) is 1.88. The first-order valence-corrected chi connectivity index (χ1v) is 7.46. The molecule has 0 spiro atoms. The van der Waals surface area contributed by atoms with Gasteiger partial charge in [0.2, 0.25) is 0 Å². The molecule has 0 bridgehead atoms. The number of rotatable bonds is 4.